The number of hydrogen-bond donors (Lipinski definition) is 4. The highest BCUT2D eigenvalue weighted by atomic mass is 35.5. The Kier molecular flexibility index (Phi) is 20.9. The van der Waals surface area contributed by atoms with Crippen LogP contribution in [-0.4, -0.2) is 138 Å². The molecular weight excluding hydrogens is 1020 g/mol. The zero-order valence-electron chi connectivity index (χ0n) is 47.6. The maximum atomic E-state index is 12.2. The lowest BCUT2D eigenvalue weighted by Gasteiger charge is -2.26. The molecule has 0 atom stereocenters. The number of pyridine rings is 1. The van der Waals surface area contributed by atoms with Crippen molar-refractivity contribution < 1.29 is 19.1 Å². The predicted molar refractivity (Wildman–Crippen MR) is 325 cm³/mol. The first-order valence-electron chi connectivity index (χ1n) is 25.8. The number of aryl methyl sites for hydroxylation is 1. The van der Waals surface area contributed by atoms with Crippen molar-refractivity contribution in [1.82, 2.24) is 43.9 Å². The molecule has 3 aromatic carbocycles. The molecule has 0 aliphatic carbocycles. The lowest BCUT2D eigenvalue weighted by atomic mass is 10.1. The molecular formula is C59H74ClN15O4. The molecule has 0 aliphatic rings. The van der Waals surface area contributed by atoms with Gasteiger partial charge in [-0.2, -0.15) is 0 Å². The number of nitrogens with zero attached hydrogens (tertiary/aromatic N) is 11. The van der Waals surface area contributed by atoms with Crippen molar-refractivity contribution in [1.29, 1.82) is 0 Å². The summed E-state index contributed by atoms with van der Waals surface area (Å²) in [4.78, 5) is 55.7. The number of halogens is 1. The first-order valence-corrected chi connectivity index (χ1v) is 26.2. The van der Waals surface area contributed by atoms with Crippen LogP contribution in [0, 0.1) is 0 Å². The van der Waals surface area contributed by atoms with Crippen molar-refractivity contribution in [2.24, 2.45) is 7.05 Å². The van der Waals surface area contributed by atoms with E-state index in [2.05, 4.69) is 116 Å². The molecule has 0 bridgehead atoms. The van der Waals surface area contributed by atoms with Crippen molar-refractivity contribution in [3.63, 3.8) is 0 Å². The molecule has 0 spiro atoms. The third-order valence-corrected chi connectivity index (χ3v) is 12.8. The second kappa shape index (κ2) is 27.7. The molecule has 0 saturated carbocycles. The molecule has 0 fully saturated rings. The Morgan fingerprint density at radius 1 is 0.658 bits per heavy atom. The number of hydrogen-bond acceptors (Lipinski definition) is 15. The van der Waals surface area contributed by atoms with E-state index in [1.54, 1.807) is 32.7 Å². The monoisotopic (exact) mass is 1090 g/mol. The molecule has 0 unspecified atom stereocenters. The smallest absolute Gasteiger partial charge is 0.247 e. The second-order valence-electron chi connectivity index (χ2n) is 19.0. The molecule has 0 aliphatic heterocycles. The zero-order valence-corrected chi connectivity index (χ0v) is 48.4. The first-order chi connectivity index (χ1) is 37.9. The van der Waals surface area contributed by atoms with Gasteiger partial charge in [0.25, 0.3) is 0 Å². The van der Waals surface area contributed by atoms with E-state index in [0.717, 1.165) is 76.3 Å². The predicted octanol–water partition coefficient (Wildman–Crippen LogP) is 11.1. The molecule has 79 heavy (non-hydrogen) atoms. The van der Waals surface area contributed by atoms with Crippen LogP contribution in [0.2, 0.25) is 5.02 Å². The van der Waals surface area contributed by atoms with Crippen molar-refractivity contribution in [2.75, 3.05) is 114 Å². The Morgan fingerprint density at radius 2 is 1.20 bits per heavy atom. The van der Waals surface area contributed by atoms with Gasteiger partial charge in [-0.15, -0.1) is 0 Å². The van der Waals surface area contributed by atoms with E-state index < -0.39 is 0 Å². The number of carbonyl (C=O) groups excluding carboxylic acids is 2. The van der Waals surface area contributed by atoms with E-state index in [1.807, 2.05) is 118 Å². The summed E-state index contributed by atoms with van der Waals surface area (Å²) >= 11 is 6.51. The van der Waals surface area contributed by atoms with Gasteiger partial charge in [0.15, 0.2) is 0 Å². The fraction of sp³-hybridized carbons (Fsp3) is 0.305. The highest BCUT2D eigenvalue weighted by Crippen LogP contribution is 2.40. The van der Waals surface area contributed by atoms with Crippen LogP contribution in [0.25, 0.3) is 44.5 Å². The van der Waals surface area contributed by atoms with E-state index in [1.165, 1.54) is 12.2 Å². The van der Waals surface area contributed by atoms with E-state index in [-0.39, 0.29) is 11.8 Å². The quantitative estimate of drug-likeness (QED) is 0.0497. The second-order valence-corrected chi connectivity index (χ2v) is 19.4. The van der Waals surface area contributed by atoms with Crippen LogP contribution in [0.3, 0.4) is 0 Å². The maximum absolute atomic E-state index is 12.2. The minimum absolute atomic E-state index is 0.305. The number of benzene rings is 3. The minimum atomic E-state index is -0.315. The van der Waals surface area contributed by atoms with Gasteiger partial charge in [0.1, 0.15) is 17.1 Å². The van der Waals surface area contributed by atoms with Crippen LogP contribution >= 0.6 is 11.6 Å². The van der Waals surface area contributed by atoms with E-state index >= 15 is 0 Å². The number of fused-ring (bicyclic) bond motifs is 2. The molecule has 416 valence electrons. The van der Waals surface area contributed by atoms with Crippen molar-refractivity contribution in [3.8, 4) is 34.0 Å². The highest BCUT2D eigenvalue weighted by molar-refractivity contribution is 6.33. The third-order valence-electron chi connectivity index (χ3n) is 12.6. The summed E-state index contributed by atoms with van der Waals surface area (Å²) < 4.78 is 15.6. The van der Waals surface area contributed by atoms with Gasteiger partial charge in [0.05, 0.1) is 71.0 Å². The SMILES string of the molecule is C=CC(=O)Nc1cc(Nc2ncc(Cl)c(-c3ccc4c(ccn4C)c3)n2)c(OC)cc1N(C)CCN(C)C.C=CC(=O)Nc1cc(Nc2nccc(-c3cnc4c(ccn4C(C)C)c3)n2)c(OC)cc1N(C)CCN(C)C.CC. The molecule has 8 rings (SSSR count). The fourth-order valence-corrected chi connectivity index (χ4v) is 8.49. The molecule has 19 nitrogen and oxygen atoms in total. The topological polar surface area (TPSA) is 188 Å². The average molecular weight is 1090 g/mol. The number of ether oxygens (including phenoxy) is 2. The van der Waals surface area contributed by atoms with E-state index in [0.29, 0.717) is 62.9 Å². The summed E-state index contributed by atoms with van der Waals surface area (Å²) in [5.41, 5.74) is 9.20. The number of carbonyl (C=O) groups is 2. The van der Waals surface area contributed by atoms with E-state index in [4.69, 9.17) is 31.0 Å². The first kappa shape index (κ1) is 59.7. The van der Waals surface area contributed by atoms with Gasteiger partial charge in [-0.05, 0) is 103 Å². The number of rotatable bonds is 21. The van der Waals surface area contributed by atoms with Gasteiger partial charge in [-0.3, -0.25) is 9.59 Å². The van der Waals surface area contributed by atoms with Crippen LogP contribution in [0.5, 0.6) is 11.5 Å². The van der Waals surface area contributed by atoms with Crippen LogP contribution < -0.4 is 40.5 Å². The Labute approximate surface area is 468 Å². The lowest BCUT2D eigenvalue weighted by Crippen LogP contribution is -2.29. The van der Waals surface area contributed by atoms with Crippen molar-refractivity contribution in [3.05, 3.63) is 128 Å². The normalized spacial score (nSPS) is 10.9. The Morgan fingerprint density at radius 3 is 1.73 bits per heavy atom. The van der Waals surface area contributed by atoms with Crippen LogP contribution in [0.15, 0.2) is 123 Å². The van der Waals surface area contributed by atoms with Gasteiger partial charge in [-0.25, -0.2) is 24.9 Å². The average Bonchev–Trinajstić information content (AvgIpc) is 4.06. The summed E-state index contributed by atoms with van der Waals surface area (Å²) in [5.74, 6) is 1.26. The fourth-order valence-electron chi connectivity index (χ4n) is 8.29. The number of methoxy groups -OCH3 is 2. The van der Waals surface area contributed by atoms with Gasteiger partial charge in [-0.1, -0.05) is 44.7 Å². The summed E-state index contributed by atoms with van der Waals surface area (Å²) in [6, 6.07) is 21.8. The van der Waals surface area contributed by atoms with Crippen LogP contribution in [0.4, 0.5) is 46.0 Å². The molecule has 0 saturated heterocycles. The van der Waals surface area contributed by atoms with Crippen molar-refractivity contribution >= 4 is 91.4 Å². The van der Waals surface area contributed by atoms with Gasteiger partial charge in [0, 0.05) is 118 Å². The van der Waals surface area contributed by atoms with Crippen LogP contribution in [-0.2, 0) is 16.6 Å². The number of amides is 2. The maximum Gasteiger partial charge on any atom is 0.247 e. The molecule has 4 N–H and O–H groups in total. The summed E-state index contributed by atoms with van der Waals surface area (Å²) in [6.07, 6.45) is 11.6. The lowest BCUT2D eigenvalue weighted by molar-refractivity contribution is -0.112. The van der Waals surface area contributed by atoms with Gasteiger partial charge < -0.3 is 59.5 Å². The Balaban J connectivity index is 0.000000248. The molecule has 2 amide bonds. The molecule has 20 heteroatoms. The van der Waals surface area contributed by atoms with Crippen molar-refractivity contribution in [2.45, 2.75) is 33.7 Å². The number of nitrogens with one attached hydrogen (secondary N) is 4. The largest absolute Gasteiger partial charge is 0.494 e. The summed E-state index contributed by atoms with van der Waals surface area (Å²) in [7, 11) is 17.2. The number of aromatic nitrogens is 7. The molecule has 8 aromatic rings. The summed E-state index contributed by atoms with van der Waals surface area (Å²) in [6.45, 7) is 18.6. The highest BCUT2D eigenvalue weighted by Gasteiger charge is 2.20. The molecule has 5 heterocycles. The van der Waals surface area contributed by atoms with Crippen LogP contribution in [0.1, 0.15) is 33.7 Å². The minimum Gasteiger partial charge on any atom is -0.494 e. The summed E-state index contributed by atoms with van der Waals surface area (Å²) in [5, 5.41) is 14.9. The molecule has 0 radical (unpaired) electrons. The molecule has 5 aromatic heterocycles. The Bertz CT molecular complexity index is 3410. The number of anilines is 8. The zero-order chi connectivity index (χ0) is 57.5. The standard InChI is InChI=1S/C29H36N8O2.C28H32ClN7O2.C2H6/c1-8-27(38)32-23-16-24(26(39-7)17-25(23)36(6)14-13-35(4)5)34-29-30-11-9-22(33-29)21-15-20-10-12-37(19(2)3)28(20)31-18-21;1-7-26(37)31-21-15-22(25(38-6)16-24(21)36(5)13-12-34(2)3)32-28-30-17-20(29)27(33-28)19-8-9-23-18(14-19)10-11-35(23)4;1-2/h8-12,15-19H,1,13-14H2,2-7H3,(H,32,38)(H,30,33,34);7-11,14-17H,1,12-13H2,2-6H3,(H,31,37)(H,30,32,33);1-2H3. The van der Waals surface area contributed by atoms with Gasteiger partial charge >= 0.3 is 0 Å². The Hall–Kier alpha value is -8.52. The number of likely N-dealkylation sites (N-methyl/N-ethyl adjacent to an activating group) is 4. The van der Waals surface area contributed by atoms with E-state index in [9.17, 15) is 9.59 Å². The third kappa shape index (κ3) is 15.2. The van der Waals surface area contributed by atoms with Gasteiger partial charge in [0.2, 0.25) is 23.7 Å².